The standard InChI is InChI=1S/C13H23N5O/c1-10(14)5-6-12(19)18-7-3-4-11(8-18)13-16-15-9-17(13)2/h9-11H,3-8,14H2,1-2H3. The number of piperidine rings is 1. The number of likely N-dealkylation sites (tertiary alicyclic amines) is 1. The monoisotopic (exact) mass is 265 g/mol. The van der Waals surface area contributed by atoms with Crippen molar-refractivity contribution >= 4 is 5.91 Å². The zero-order valence-electron chi connectivity index (χ0n) is 11.7. The molecule has 19 heavy (non-hydrogen) atoms. The minimum Gasteiger partial charge on any atom is -0.342 e. The number of rotatable bonds is 4. The van der Waals surface area contributed by atoms with Gasteiger partial charge in [0.2, 0.25) is 5.91 Å². The van der Waals surface area contributed by atoms with Crippen LogP contribution in [0, 0.1) is 0 Å². The SMILES string of the molecule is CC(N)CCC(=O)N1CCCC(c2nncn2C)C1. The summed E-state index contributed by atoms with van der Waals surface area (Å²) in [6, 6.07) is 0.0864. The van der Waals surface area contributed by atoms with Crippen molar-refractivity contribution in [2.75, 3.05) is 13.1 Å². The molecule has 2 rings (SSSR count). The van der Waals surface area contributed by atoms with Crippen LogP contribution in [0.5, 0.6) is 0 Å². The van der Waals surface area contributed by atoms with Crippen LogP contribution in [-0.4, -0.2) is 44.7 Å². The summed E-state index contributed by atoms with van der Waals surface area (Å²) in [5.41, 5.74) is 5.70. The number of hydrogen-bond donors (Lipinski definition) is 1. The van der Waals surface area contributed by atoms with E-state index in [2.05, 4.69) is 10.2 Å². The first kappa shape index (κ1) is 14.0. The fraction of sp³-hybridized carbons (Fsp3) is 0.769. The molecule has 6 nitrogen and oxygen atoms in total. The largest absolute Gasteiger partial charge is 0.342 e. The number of aryl methyl sites for hydroxylation is 1. The first-order valence-electron chi connectivity index (χ1n) is 6.95. The van der Waals surface area contributed by atoms with E-state index in [9.17, 15) is 4.79 Å². The summed E-state index contributed by atoms with van der Waals surface area (Å²) in [5.74, 6) is 1.49. The van der Waals surface area contributed by atoms with Gasteiger partial charge < -0.3 is 15.2 Å². The van der Waals surface area contributed by atoms with E-state index >= 15 is 0 Å². The average Bonchev–Trinajstić information content (AvgIpc) is 2.82. The fourth-order valence-corrected chi connectivity index (χ4v) is 2.59. The molecule has 1 aromatic heterocycles. The Morgan fingerprint density at radius 3 is 3.05 bits per heavy atom. The van der Waals surface area contributed by atoms with Gasteiger partial charge in [-0.05, 0) is 26.2 Å². The molecule has 1 aliphatic heterocycles. The third-order valence-electron chi connectivity index (χ3n) is 3.70. The molecule has 1 saturated heterocycles. The first-order chi connectivity index (χ1) is 9.08. The summed E-state index contributed by atoms with van der Waals surface area (Å²) in [5, 5.41) is 8.08. The van der Waals surface area contributed by atoms with Gasteiger partial charge in [0.05, 0.1) is 0 Å². The van der Waals surface area contributed by atoms with E-state index in [1.807, 2.05) is 23.4 Å². The summed E-state index contributed by atoms with van der Waals surface area (Å²) >= 11 is 0. The maximum absolute atomic E-state index is 12.1. The lowest BCUT2D eigenvalue weighted by Gasteiger charge is -2.32. The molecule has 0 radical (unpaired) electrons. The molecule has 106 valence electrons. The molecule has 0 aromatic carbocycles. The van der Waals surface area contributed by atoms with Crippen LogP contribution in [0.1, 0.15) is 44.3 Å². The van der Waals surface area contributed by atoms with Crippen molar-refractivity contribution in [1.82, 2.24) is 19.7 Å². The molecule has 0 aliphatic carbocycles. The molecule has 1 aromatic rings. The van der Waals surface area contributed by atoms with E-state index < -0.39 is 0 Å². The van der Waals surface area contributed by atoms with Crippen molar-refractivity contribution < 1.29 is 4.79 Å². The van der Waals surface area contributed by atoms with Gasteiger partial charge in [-0.25, -0.2) is 0 Å². The van der Waals surface area contributed by atoms with Crippen molar-refractivity contribution in [3.63, 3.8) is 0 Å². The molecule has 0 spiro atoms. The van der Waals surface area contributed by atoms with Crippen molar-refractivity contribution in [2.24, 2.45) is 12.8 Å². The number of nitrogens with two attached hydrogens (primary N) is 1. The fourth-order valence-electron chi connectivity index (χ4n) is 2.59. The summed E-state index contributed by atoms with van der Waals surface area (Å²) in [7, 11) is 1.95. The molecular weight excluding hydrogens is 242 g/mol. The Bertz CT molecular complexity index is 428. The topological polar surface area (TPSA) is 77.0 Å². The number of aromatic nitrogens is 3. The highest BCUT2D eigenvalue weighted by molar-refractivity contribution is 5.76. The van der Waals surface area contributed by atoms with E-state index in [1.165, 1.54) is 0 Å². The number of amides is 1. The summed E-state index contributed by atoms with van der Waals surface area (Å²) in [4.78, 5) is 14.1. The average molecular weight is 265 g/mol. The van der Waals surface area contributed by atoms with Crippen molar-refractivity contribution in [3.05, 3.63) is 12.2 Å². The van der Waals surface area contributed by atoms with Gasteiger partial charge >= 0.3 is 0 Å². The molecule has 2 heterocycles. The number of carbonyl (C=O) groups is 1. The zero-order valence-corrected chi connectivity index (χ0v) is 11.7. The van der Waals surface area contributed by atoms with Crippen LogP contribution in [0.4, 0.5) is 0 Å². The van der Waals surface area contributed by atoms with Crippen molar-refractivity contribution in [2.45, 2.75) is 44.6 Å². The molecule has 1 fully saturated rings. The van der Waals surface area contributed by atoms with Gasteiger partial charge in [0.1, 0.15) is 12.2 Å². The van der Waals surface area contributed by atoms with Gasteiger partial charge in [0.15, 0.2) is 0 Å². The highest BCUT2D eigenvalue weighted by atomic mass is 16.2. The summed E-state index contributed by atoms with van der Waals surface area (Å²) < 4.78 is 1.95. The highest BCUT2D eigenvalue weighted by Crippen LogP contribution is 2.25. The Morgan fingerprint density at radius 1 is 1.63 bits per heavy atom. The number of nitrogens with zero attached hydrogens (tertiary/aromatic N) is 4. The number of hydrogen-bond acceptors (Lipinski definition) is 4. The van der Waals surface area contributed by atoms with Crippen LogP contribution in [0.2, 0.25) is 0 Å². The maximum Gasteiger partial charge on any atom is 0.222 e. The van der Waals surface area contributed by atoms with Gasteiger partial charge in [-0.3, -0.25) is 4.79 Å². The van der Waals surface area contributed by atoms with Crippen molar-refractivity contribution in [3.8, 4) is 0 Å². The minimum atomic E-state index is 0.0864. The Hall–Kier alpha value is -1.43. The molecule has 6 heteroatoms. The van der Waals surface area contributed by atoms with Crippen LogP contribution in [0.3, 0.4) is 0 Å². The molecule has 1 amide bonds. The first-order valence-corrected chi connectivity index (χ1v) is 6.95. The molecular formula is C13H23N5O. The van der Waals surface area contributed by atoms with Gasteiger partial charge in [-0.15, -0.1) is 10.2 Å². The number of carbonyl (C=O) groups excluding carboxylic acids is 1. The van der Waals surface area contributed by atoms with Crippen LogP contribution in [-0.2, 0) is 11.8 Å². The van der Waals surface area contributed by atoms with E-state index in [4.69, 9.17) is 5.73 Å². The lowest BCUT2D eigenvalue weighted by Crippen LogP contribution is -2.40. The lowest BCUT2D eigenvalue weighted by molar-refractivity contribution is -0.132. The van der Waals surface area contributed by atoms with Gasteiger partial charge in [-0.1, -0.05) is 0 Å². The van der Waals surface area contributed by atoms with E-state index in [-0.39, 0.29) is 11.9 Å². The van der Waals surface area contributed by atoms with Crippen LogP contribution in [0.15, 0.2) is 6.33 Å². The Labute approximate surface area is 114 Å². The lowest BCUT2D eigenvalue weighted by atomic mass is 9.96. The van der Waals surface area contributed by atoms with Crippen LogP contribution in [0.25, 0.3) is 0 Å². The third-order valence-corrected chi connectivity index (χ3v) is 3.70. The second-order valence-electron chi connectivity index (χ2n) is 5.49. The Balaban J connectivity index is 1.94. The second kappa shape index (κ2) is 6.14. The molecule has 0 saturated carbocycles. The summed E-state index contributed by atoms with van der Waals surface area (Å²) in [6.07, 6.45) is 5.12. The third kappa shape index (κ3) is 3.53. The molecule has 2 unspecified atom stereocenters. The molecule has 1 aliphatic rings. The Morgan fingerprint density at radius 2 is 2.42 bits per heavy atom. The van der Waals surface area contributed by atoms with Crippen LogP contribution >= 0.6 is 0 Å². The Kier molecular flexibility index (Phi) is 4.52. The van der Waals surface area contributed by atoms with Gasteiger partial charge in [-0.2, -0.15) is 0 Å². The predicted octanol–water partition coefficient (Wildman–Crippen LogP) is 0.648. The molecule has 0 bridgehead atoms. The predicted molar refractivity (Wildman–Crippen MR) is 72.4 cm³/mol. The van der Waals surface area contributed by atoms with Gasteiger partial charge in [0.25, 0.3) is 0 Å². The van der Waals surface area contributed by atoms with Gasteiger partial charge in [0, 0.05) is 38.5 Å². The van der Waals surface area contributed by atoms with E-state index in [1.54, 1.807) is 6.33 Å². The van der Waals surface area contributed by atoms with E-state index in [0.29, 0.717) is 12.3 Å². The normalized spacial score (nSPS) is 21.4. The zero-order chi connectivity index (χ0) is 13.8. The second-order valence-corrected chi connectivity index (χ2v) is 5.49. The molecule has 2 atom stereocenters. The van der Waals surface area contributed by atoms with Crippen LogP contribution < -0.4 is 5.73 Å². The van der Waals surface area contributed by atoms with E-state index in [0.717, 1.165) is 38.2 Å². The smallest absolute Gasteiger partial charge is 0.222 e. The maximum atomic E-state index is 12.1. The minimum absolute atomic E-state index is 0.0864. The summed E-state index contributed by atoms with van der Waals surface area (Å²) in [6.45, 7) is 3.54. The highest BCUT2D eigenvalue weighted by Gasteiger charge is 2.27. The molecule has 2 N–H and O–H groups in total. The van der Waals surface area contributed by atoms with Crippen molar-refractivity contribution in [1.29, 1.82) is 0 Å². The quantitative estimate of drug-likeness (QED) is 0.867.